The number of hydrogen-bond acceptors (Lipinski definition) is 3. The lowest BCUT2D eigenvalue weighted by molar-refractivity contribution is -0.0291. The number of ether oxygens (including phenoxy) is 1. The molecule has 1 saturated carbocycles. The Balaban J connectivity index is 1.84. The molecular weight excluding hydrogens is 352 g/mol. The summed E-state index contributed by atoms with van der Waals surface area (Å²) in [5, 5.41) is 0. The first-order chi connectivity index (χ1) is 9.63. The molecular formula is C16H19BrOS2. The number of thioether (sulfide) groups is 2. The van der Waals surface area contributed by atoms with Gasteiger partial charge in [0.15, 0.2) is 0 Å². The standard InChI is InChI=1S/C16H19BrOS2/c1-11-8-14-12(9-13(11)17)16(19-6-3-7-20-16)10-15(18-14)4-2-5-15/h8-9H,2-7,10H2,1H3. The summed E-state index contributed by atoms with van der Waals surface area (Å²) in [5.74, 6) is 3.72. The fourth-order valence-corrected chi connectivity index (χ4v) is 7.46. The van der Waals surface area contributed by atoms with Gasteiger partial charge in [0.1, 0.15) is 11.4 Å². The summed E-state index contributed by atoms with van der Waals surface area (Å²) in [6, 6.07) is 4.57. The van der Waals surface area contributed by atoms with Gasteiger partial charge in [-0.05, 0) is 61.8 Å². The summed E-state index contributed by atoms with van der Waals surface area (Å²) in [6.45, 7) is 2.16. The van der Waals surface area contributed by atoms with Crippen molar-refractivity contribution in [2.75, 3.05) is 11.5 Å². The summed E-state index contributed by atoms with van der Waals surface area (Å²) >= 11 is 8.02. The van der Waals surface area contributed by atoms with Crippen LogP contribution in [0.3, 0.4) is 0 Å². The maximum atomic E-state index is 6.47. The third kappa shape index (κ3) is 2.05. The third-order valence-corrected chi connectivity index (χ3v) is 8.98. The highest BCUT2D eigenvalue weighted by Gasteiger charge is 2.53. The lowest BCUT2D eigenvalue weighted by atomic mass is 9.74. The molecule has 1 saturated heterocycles. The normalized spacial score (nSPS) is 25.9. The van der Waals surface area contributed by atoms with Crippen molar-refractivity contribution in [3.05, 3.63) is 27.7 Å². The summed E-state index contributed by atoms with van der Waals surface area (Å²) in [7, 11) is 0. The zero-order chi connectivity index (χ0) is 13.8. The molecule has 0 N–H and O–H groups in total. The SMILES string of the molecule is Cc1cc2c(cc1Br)C1(CC3(CCC3)O2)SCCCS1. The average Bonchev–Trinajstić information content (AvgIpc) is 2.40. The third-order valence-electron chi connectivity index (χ3n) is 4.78. The van der Waals surface area contributed by atoms with E-state index in [1.165, 1.54) is 59.2 Å². The van der Waals surface area contributed by atoms with E-state index in [1.807, 2.05) is 0 Å². The monoisotopic (exact) mass is 370 g/mol. The van der Waals surface area contributed by atoms with Gasteiger partial charge in [-0.15, -0.1) is 23.5 Å². The highest BCUT2D eigenvalue weighted by Crippen LogP contribution is 2.63. The Hall–Kier alpha value is 0.200. The quantitative estimate of drug-likeness (QED) is 0.597. The maximum absolute atomic E-state index is 6.47. The topological polar surface area (TPSA) is 9.23 Å². The molecule has 0 radical (unpaired) electrons. The average molecular weight is 371 g/mol. The number of aryl methyl sites for hydroxylation is 1. The first-order valence-corrected chi connectivity index (χ1v) is 10.2. The van der Waals surface area contributed by atoms with Crippen LogP contribution in [0.2, 0.25) is 0 Å². The second-order valence-corrected chi connectivity index (χ2v) is 10.1. The largest absolute Gasteiger partial charge is 0.487 e. The Morgan fingerprint density at radius 1 is 1.15 bits per heavy atom. The Kier molecular flexibility index (Phi) is 3.36. The summed E-state index contributed by atoms with van der Waals surface area (Å²) < 4.78 is 7.93. The van der Waals surface area contributed by atoms with Gasteiger partial charge in [0.05, 0.1) is 4.08 Å². The van der Waals surface area contributed by atoms with Crippen molar-refractivity contribution in [1.82, 2.24) is 0 Å². The Morgan fingerprint density at radius 3 is 2.55 bits per heavy atom. The second kappa shape index (κ2) is 4.85. The van der Waals surface area contributed by atoms with Crippen LogP contribution in [0, 0.1) is 6.92 Å². The van der Waals surface area contributed by atoms with Crippen LogP contribution in [0.25, 0.3) is 0 Å². The van der Waals surface area contributed by atoms with Gasteiger partial charge in [0.2, 0.25) is 0 Å². The molecule has 1 aromatic rings. The predicted molar refractivity (Wildman–Crippen MR) is 91.9 cm³/mol. The Bertz CT molecular complexity index is 548. The molecule has 4 heteroatoms. The van der Waals surface area contributed by atoms with E-state index in [4.69, 9.17) is 4.74 Å². The van der Waals surface area contributed by atoms with Gasteiger partial charge < -0.3 is 4.74 Å². The molecule has 1 aromatic carbocycles. The van der Waals surface area contributed by atoms with Gasteiger partial charge in [-0.3, -0.25) is 0 Å². The number of hydrogen-bond donors (Lipinski definition) is 0. The van der Waals surface area contributed by atoms with Gasteiger partial charge in [-0.25, -0.2) is 0 Å². The van der Waals surface area contributed by atoms with E-state index < -0.39 is 0 Å². The molecule has 2 spiro atoms. The van der Waals surface area contributed by atoms with E-state index in [9.17, 15) is 0 Å². The molecule has 0 amide bonds. The number of benzene rings is 1. The number of fused-ring (bicyclic) bond motifs is 2. The number of halogens is 1. The van der Waals surface area contributed by atoms with Crippen LogP contribution in [0.1, 0.15) is 43.2 Å². The van der Waals surface area contributed by atoms with Crippen molar-refractivity contribution in [2.24, 2.45) is 0 Å². The minimum atomic E-state index is 0.143. The van der Waals surface area contributed by atoms with Crippen LogP contribution in [-0.2, 0) is 4.08 Å². The molecule has 3 aliphatic rings. The first-order valence-electron chi connectivity index (χ1n) is 7.40. The zero-order valence-corrected chi connectivity index (χ0v) is 14.9. The van der Waals surface area contributed by atoms with Crippen LogP contribution in [-0.4, -0.2) is 17.1 Å². The minimum absolute atomic E-state index is 0.143. The van der Waals surface area contributed by atoms with E-state index >= 15 is 0 Å². The molecule has 20 heavy (non-hydrogen) atoms. The van der Waals surface area contributed by atoms with E-state index in [-0.39, 0.29) is 9.68 Å². The fourth-order valence-electron chi connectivity index (χ4n) is 3.51. The smallest absolute Gasteiger partial charge is 0.125 e. The van der Waals surface area contributed by atoms with Crippen molar-refractivity contribution >= 4 is 39.5 Å². The van der Waals surface area contributed by atoms with Crippen molar-refractivity contribution in [3.8, 4) is 5.75 Å². The van der Waals surface area contributed by atoms with Crippen LogP contribution in [0.5, 0.6) is 5.75 Å². The molecule has 1 aliphatic carbocycles. The van der Waals surface area contributed by atoms with Gasteiger partial charge >= 0.3 is 0 Å². The fraction of sp³-hybridized carbons (Fsp3) is 0.625. The summed E-state index contributed by atoms with van der Waals surface area (Å²) in [5.41, 5.74) is 2.84. The Labute approximate surface area is 137 Å². The highest BCUT2D eigenvalue weighted by atomic mass is 79.9. The first kappa shape index (κ1) is 13.8. The maximum Gasteiger partial charge on any atom is 0.125 e. The zero-order valence-electron chi connectivity index (χ0n) is 11.7. The van der Waals surface area contributed by atoms with Crippen molar-refractivity contribution < 1.29 is 4.74 Å². The molecule has 108 valence electrons. The van der Waals surface area contributed by atoms with E-state index in [0.717, 1.165) is 5.75 Å². The van der Waals surface area contributed by atoms with Crippen molar-refractivity contribution in [1.29, 1.82) is 0 Å². The summed E-state index contributed by atoms with van der Waals surface area (Å²) in [6.07, 6.45) is 6.34. The van der Waals surface area contributed by atoms with Crippen LogP contribution in [0.4, 0.5) is 0 Å². The molecule has 0 atom stereocenters. The summed E-state index contributed by atoms with van der Waals surface area (Å²) in [4.78, 5) is 0. The Morgan fingerprint density at radius 2 is 1.90 bits per heavy atom. The van der Waals surface area contributed by atoms with Gasteiger partial charge in [0.25, 0.3) is 0 Å². The van der Waals surface area contributed by atoms with Crippen molar-refractivity contribution in [2.45, 2.75) is 48.7 Å². The van der Waals surface area contributed by atoms with Crippen LogP contribution in [0.15, 0.2) is 16.6 Å². The lowest BCUT2D eigenvalue weighted by Crippen LogP contribution is -2.51. The molecule has 2 aliphatic heterocycles. The molecule has 0 unspecified atom stereocenters. The molecule has 2 heterocycles. The van der Waals surface area contributed by atoms with E-state index in [2.05, 4.69) is 58.5 Å². The van der Waals surface area contributed by atoms with Gasteiger partial charge in [-0.2, -0.15) is 0 Å². The number of rotatable bonds is 0. The molecule has 2 fully saturated rings. The molecule has 0 aromatic heterocycles. The van der Waals surface area contributed by atoms with E-state index in [1.54, 1.807) is 0 Å². The van der Waals surface area contributed by atoms with Crippen LogP contribution < -0.4 is 4.74 Å². The molecule has 0 bridgehead atoms. The second-order valence-electron chi connectivity index (χ2n) is 6.22. The van der Waals surface area contributed by atoms with Gasteiger partial charge in [0, 0.05) is 16.5 Å². The molecule has 4 rings (SSSR count). The lowest BCUT2D eigenvalue weighted by Gasteiger charge is -2.53. The van der Waals surface area contributed by atoms with E-state index in [0.29, 0.717) is 0 Å². The predicted octanol–water partition coefficient (Wildman–Crippen LogP) is 5.49. The van der Waals surface area contributed by atoms with Gasteiger partial charge in [-0.1, -0.05) is 15.9 Å². The molecule has 1 nitrogen and oxygen atoms in total. The van der Waals surface area contributed by atoms with Crippen molar-refractivity contribution in [3.63, 3.8) is 0 Å². The minimum Gasteiger partial charge on any atom is -0.487 e. The highest BCUT2D eigenvalue weighted by molar-refractivity contribution is 9.10. The van der Waals surface area contributed by atoms with Crippen LogP contribution >= 0.6 is 39.5 Å².